The number of methoxy groups -OCH3 is 1. The molecule has 7 heteroatoms. The maximum absolute atomic E-state index is 9.26. The minimum Gasteiger partial charge on any atom is -0.493 e. The largest absolute Gasteiger partial charge is 0.493 e. The van der Waals surface area contributed by atoms with Gasteiger partial charge in [-0.3, -0.25) is 0 Å². The Kier molecular flexibility index (Phi) is 4.66. The SMILES string of the molecule is COc1cc(CNC(CO)(CO)CO)cc2c1OCO2. The first kappa shape index (κ1) is 14.9. The van der Waals surface area contributed by atoms with Crippen LogP contribution in [0.25, 0.3) is 0 Å². The van der Waals surface area contributed by atoms with Crippen LogP contribution in [0.5, 0.6) is 17.2 Å². The van der Waals surface area contributed by atoms with E-state index in [0.29, 0.717) is 23.8 Å². The Morgan fingerprint density at radius 3 is 2.50 bits per heavy atom. The second-order valence-electron chi connectivity index (χ2n) is 4.64. The molecular weight excluding hydrogens is 266 g/mol. The smallest absolute Gasteiger partial charge is 0.231 e. The molecule has 0 amide bonds. The van der Waals surface area contributed by atoms with Crippen molar-refractivity contribution in [3.8, 4) is 17.2 Å². The van der Waals surface area contributed by atoms with Crippen LogP contribution in [-0.4, -0.2) is 54.6 Å². The molecule has 0 saturated heterocycles. The van der Waals surface area contributed by atoms with Gasteiger partial charge in [-0.05, 0) is 17.7 Å². The normalized spacial score (nSPS) is 13.6. The van der Waals surface area contributed by atoms with E-state index in [4.69, 9.17) is 14.2 Å². The summed E-state index contributed by atoms with van der Waals surface area (Å²) in [6.07, 6.45) is 0. The highest BCUT2D eigenvalue weighted by Crippen LogP contribution is 2.41. The Labute approximate surface area is 116 Å². The fourth-order valence-electron chi connectivity index (χ4n) is 1.89. The van der Waals surface area contributed by atoms with Crippen LogP contribution in [0.1, 0.15) is 5.56 Å². The molecular formula is C13H19NO6. The van der Waals surface area contributed by atoms with Crippen molar-refractivity contribution >= 4 is 0 Å². The third-order valence-corrected chi connectivity index (χ3v) is 3.29. The number of hydrogen-bond acceptors (Lipinski definition) is 7. The number of aliphatic hydroxyl groups excluding tert-OH is 3. The zero-order chi connectivity index (χ0) is 14.6. The van der Waals surface area contributed by atoms with E-state index < -0.39 is 5.54 Å². The average molecular weight is 285 g/mol. The van der Waals surface area contributed by atoms with Gasteiger partial charge in [0.15, 0.2) is 11.5 Å². The van der Waals surface area contributed by atoms with Crippen molar-refractivity contribution in [1.82, 2.24) is 5.32 Å². The fourth-order valence-corrected chi connectivity index (χ4v) is 1.89. The van der Waals surface area contributed by atoms with E-state index in [-0.39, 0.29) is 26.6 Å². The van der Waals surface area contributed by atoms with Gasteiger partial charge < -0.3 is 34.8 Å². The minimum atomic E-state index is -1.12. The van der Waals surface area contributed by atoms with E-state index in [1.54, 1.807) is 12.1 Å². The topological polar surface area (TPSA) is 100 Å². The molecule has 0 saturated carbocycles. The van der Waals surface area contributed by atoms with Crippen LogP contribution < -0.4 is 19.5 Å². The molecule has 0 bridgehead atoms. The lowest BCUT2D eigenvalue weighted by molar-refractivity contribution is 0.0413. The van der Waals surface area contributed by atoms with Crippen molar-refractivity contribution < 1.29 is 29.5 Å². The van der Waals surface area contributed by atoms with Crippen molar-refractivity contribution in [2.24, 2.45) is 0 Å². The summed E-state index contributed by atoms with van der Waals surface area (Å²) in [4.78, 5) is 0. The van der Waals surface area contributed by atoms with Gasteiger partial charge in [0.05, 0.1) is 32.5 Å². The molecule has 4 N–H and O–H groups in total. The summed E-state index contributed by atoms with van der Waals surface area (Å²) in [7, 11) is 1.54. The number of nitrogens with one attached hydrogen (secondary N) is 1. The number of ether oxygens (including phenoxy) is 3. The molecule has 20 heavy (non-hydrogen) atoms. The molecule has 0 spiro atoms. The molecule has 0 unspecified atom stereocenters. The second kappa shape index (κ2) is 6.27. The third kappa shape index (κ3) is 2.80. The summed E-state index contributed by atoms with van der Waals surface area (Å²) in [5.74, 6) is 1.71. The fraction of sp³-hybridized carbons (Fsp3) is 0.538. The van der Waals surface area contributed by atoms with Crippen LogP contribution in [0.3, 0.4) is 0 Å². The van der Waals surface area contributed by atoms with Crippen molar-refractivity contribution in [2.45, 2.75) is 12.1 Å². The van der Waals surface area contributed by atoms with E-state index in [1.807, 2.05) is 0 Å². The van der Waals surface area contributed by atoms with Gasteiger partial charge in [0, 0.05) is 6.54 Å². The predicted molar refractivity (Wildman–Crippen MR) is 69.9 cm³/mol. The maximum Gasteiger partial charge on any atom is 0.231 e. The number of aliphatic hydroxyl groups is 3. The summed E-state index contributed by atoms with van der Waals surface area (Å²) < 4.78 is 15.8. The standard InChI is InChI=1S/C13H19NO6/c1-18-10-2-9(3-11-12(10)20-8-19-11)4-14-13(5-15,6-16)7-17/h2-3,14-17H,4-8H2,1H3. The number of rotatable bonds is 7. The van der Waals surface area contributed by atoms with E-state index >= 15 is 0 Å². The van der Waals surface area contributed by atoms with E-state index in [1.165, 1.54) is 7.11 Å². The van der Waals surface area contributed by atoms with Gasteiger partial charge in [-0.25, -0.2) is 0 Å². The first-order valence-electron chi connectivity index (χ1n) is 6.22. The molecule has 1 aromatic rings. The molecule has 0 radical (unpaired) electrons. The first-order valence-corrected chi connectivity index (χ1v) is 6.22. The lowest BCUT2D eigenvalue weighted by atomic mass is 10.0. The minimum absolute atomic E-state index is 0.149. The monoisotopic (exact) mass is 285 g/mol. The lowest BCUT2D eigenvalue weighted by Crippen LogP contribution is -2.54. The zero-order valence-corrected chi connectivity index (χ0v) is 11.3. The maximum atomic E-state index is 9.26. The summed E-state index contributed by atoms with van der Waals surface area (Å²) in [5.41, 5.74) is -0.297. The van der Waals surface area contributed by atoms with Crippen LogP contribution >= 0.6 is 0 Å². The molecule has 1 heterocycles. The third-order valence-electron chi connectivity index (χ3n) is 3.29. The molecule has 0 aliphatic carbocycles. The van der Waals surface area contributed by atoms with Gasteiger partial charge in [0.25, 0.3) is 0 Å². The molecule has 2 rings (SSSR count). The van der Waals surface area contributed by atoms with Crippen LogP contribution in [0, 0.1) is 0 Å². The molecule has 112 valence electrons. The van der Waals surface area contributed by atoms with Crippen molar-refractivity contribution in [3.63, 3.8) is 0 Å². The number of fused-ring (bicyclic) bond motifs is 1. The predicted octanol–water partition coefficient (Wildman–Crippen LogP) is -0.771. The quantitative estimate of drug-likeness (QED) is 0.522. The van der Waals surface area contributed by atoms with E-state index in [0.717, 1.165) is 5.56 Å². The van der Waals surface area contributed by atoms with Gasteiger partial charge in [0.2, 0.25) is 12.5 Å². The van der Waals surface area contributed by atoms with Crippen molar-refractivity contribution in [2.75, 3.05) is 33.7 Å². The van der Waals surface area contributed by atoms with E-state index in [9.17, 15) is 15.3 Å². The van der Waals surface area contributed by atoms with Crippen LogP contribution in [0.2, 0.25) is 0 Å². The Hall–Kier alpha value is -1.54. The number of benzene rings is 1. The van der Waals surface area contributed by atoms with Crippen LogP contribution in [0.4, 0.5) is 0 Å². The summed E-state index contributed by atoms with van der Waals surface area (Å²) in [6, 6.07) is 3.56. The highest BCUT2D eigenvalue weighted by atomic mass is 16.7. The molecule has 1 aromatic carbocycles. The molecule has 1 aliphatic heterocycles. The van der Waals surface area contributed by atoms with Crippen LogP contribution in [-0.2, 0) is 6.54 Å². The molecule has 0 atom stereocenters. The van der Waals surface area contributed by atoms with Gasteiger partial charge >= 0.3 is 0 Å². The van der Waals surface area contributed by atoms with Gasteiger partial charge in [0.1, 0.15) is 0 Å². The second-order valence-corrected chi connectivity index (χ2v) is 4.64. The van der Waals surface area contributed by atoms with Gasteiger partial charge in [-0.15, -0.1) is 0 Å². The Morgan fingerprint density at radius 2 is 1.90 bits per heavy atom. The van der Waals surface area contributed by atoms with Gasteiger partial charge in [-0.2, -0.15) is 0 Å². The van der Waals surface area contributed by atoms with Crippen LogP contribution in [0.15, 0.2) is 12.1 Å². The van der Waals surface area contributed by atoms with Crippen molar-refractivity contribution in [3.05, 3.63) is 17.7 Å². The van der Waals surface area contributed by atoms with Gasteiger partial charge in [-0.1, -0.05) is 0 Å². The Morgan fingerprint density at radius 1 is 1.20 bits per heavy atom. The average Bonchev–Trinajstić information content (AvgIpc) is 2.97. The highest BCUT2D eigenvalue weighted by Gasteiger charge is 2.28. The molecule has 0 aromatic heterocycles. The molecule has 0 fully saturated rings. The molecule has 7 nitrogen and oxygen atoms in total. The van der Waals surface area contributed by atoms with Crippen molar-refractivity contribution in [1.29, 1.82) is 0 Å². The summed E-state index contributed by atoms with van der Waals surface area (Å²) >= 11 is 0. The summed E-state index contributed by atoms with van der Waals surface area (Å²) in [5, 5.41) is 30.7. The summed E-state index contributed by atoms with van der Waals surface area (Å²) in [6.45, 7) is -0.643. The number of hydrogen-bond donors (Lipinski definition) is 4. The first-order chi connectivity index (χ1) is 9.68. The molecule has 1 aliphatic rings. The highest BCUT2D eigenvalue weighted by molar-refractivity contribution is 5.55. The van der Waals surface area contributed by atoms with E-state index in [2.05, 4.69) is 5.32 Å². The lowest BCUT2D eigenvalue weighted by Gasteiger charge is -2.29. The Bertz CT molecular complexity index is 452. The Balaban J connectivity index is 2.14. The zero-order valence-electron chi connectivity index (χ0n) is 11.3.